The summed E-state index contributed by atoms with van der Waals surface area (Å²) in [7, 11) is 1.41. The highest BCUT2D eigenvalue weighted by molar-refractivity contribution is 5.85. The van der Waals surface area contributed by atoms with Crippen LogP contribution in [-0.4, -0.2) is 19.1 Å². The molecular weight excluding hydrogens is 226 g/mol. The van der Waals surface area contributed by atoms with Gasteiger partial charge in [0.1, 0.15) is 0 Å². The second kappa shape index (κ2) is 5.32. The molecule has 1 aromatic rings. The predicted octanol–water partition coefficient (Wildman–Crippen LogP) is 1.64. The number of hydrogen-bond acceptors (Lipinski definition) is 3. The van der Waals surface area contributed by atoms with E-state index in [4.69, 9.17) is 5.73 Å². The third-order valence-electron chi connectivity index (χ3n) is 3.04. The molecule has 0 saturated carbocycles. The SMILES string of the molecule is COC(=O)C[C@@H]1c2ccccc2C[C@H]1N.Cl. The second-order valence-corrected chi connectivity index (χ2v) is 3.95. The van der Waals surface area contributed by atoms with Gasteiger partial charge in [-0.3, -0.25) is 4.79 Å². The van der Waals surface area contributed by atoms with Crippen LogP contribution in [0.1, 0.15) is 23.5 Å². The Morgan fingerprint density at radius 1 is 1.50 bits per heavy atom. The number of esters is 1. The van der Waals surface area contributed by atoms with Gasteiger partial charge in [0, 0.05) is 12.0 Å². The van der Waals surface area contributed by atoms with Gasteiger partial charge in [-0.05, 0) is 17.5 Å². The maximum absolute atomic E-state index is 11.2. The van der Waals surface area contributed by atoms with Crippen LogP contribution >= 0.6 is 12.4 Å². The van der Waals surface area contributed by atoms with E-state index >= 15 is 0 Å². The molecule has 0 spiro atoms. The van der Waals surface area contributed by atoms with Crippen molar-refractivity contribution < 1.29 is 9.53 Å². The Bertz CT molecular complexity index is 381. The van der Waals surface area contributed by atoms with Gasteiger partial charge in [-0.1, -0.05) is 24.3 Å². The smallest absolute Gasteiger partial charge is 0.306 e. The number of fused-ring (bicyclic) bond motifs is 1. The van der Waals surface area contributed by atoms with Gasteiger partial charge < -0.3 is 10.5 Å². The Balaban J connectivity index is 0.00000128. The summed E-state index contributed by atoms with van der Waals surface area (Å²) in [6.45, 7) is 0. The van der Waals surface area contributed by atoms with Crippen LogP contribution in [0.2, 0.25) is 0 Å². The molecule has 4 heteroatoms. The predicted molar refractivity (Wildman–Crippen MR) is 64.7 cm³/mol. The third kappa shape index (κ3) is 2.36. The van der Waals surface area contributed by atoms with Crippen molar-refractivity contribution in [2.75, 3.05) is 7.11 Å². The minimum Gasteiger partial charge on any atom is -0.469 e. The van der Waals surface area contributed by atoms with E-state index in [0.717, 1.165) is 6.42 Å². The number of nitrogens with two attached hydrogens (primary N) is 1. The fourth-order valence-electron chi connectivity index (χ4n) is 2.23. The Morgan fingerprint density at radius 3 is 2.88 bits per heavy atom. The zero-order valence-corrected chi connectivity index (χ0v) is 10.00. The van der Waals surface area contributed by atoms with E-state index in [1.165, 1.54) is 18.2 Å². The standard InChI is InChI=1S/C12H15NO2.ClH/c1-15-12(14)7-10-9-5-3-2-4-8(9)6-11(10)13;/h2-5,10-11H,6-7,13H2,1H3;1H/t10-,11-;/m1./s1. The largest absolute Gasteiger partial charge is 0.469 e. The molecule has 0 bridgehead atoms. The molecular formula is C12H16ClNO2. The van der Waals surface area contributed by atoms with Crippen LogP contribution in [-0.2, 0) is 16.0 Å². The van der Waals surface area contributed by atoms with Crippen molar-refractivity contribution in [3.05, 3.63) is 35.4 Å². The molecule has 16 heavy (non-hydrogen) atoms. The highest BCUT2D eigenvalue weighted by Crippen LogP contribution is 2.34. The first kappa shape index (κ1) is 13.0. The Labute approximate surface area is 101 Å². The van der Waals surface area contributed by atoms with Gasteiger partial charge >= 0.3 is 5.97 Å². The molecule has 0 saturated heterocycles. The van der Waals surface area contributed by atoms with Crippen LogP contribution in [0.15, 0.2) is 24.3 Å². The molecule has 0 aromatic heterocycles. The second-order valence-electron chi connectivity index (χ2n) is 3.95. The molecule has 1 aliphatic carbocycles. The molecule has 1 aromatic carbocycles. The Kier molecular flexibility index (Phi) is 4.33. The molecule has 3 nitrogen and oxygen atoms in total. The van der Waals surface area contributed by atoms with E-state index in [2.05, 4.69) is 16.9 Å². The minimum absolute atomic E-state index is 0. The van der Waals surface area contributed by atoms with Crippen molar-refractivity contribution in [2.24, 2.45) is 5.73 Å². The quantitative estimate of drug-likeness (QED) is 0.801. The maximum Gasteiger partial charge on any atom is 0.306 e. The summed E-state index contributed by atoms with van der Waals surface area (Å²) in [5.41, 5.74) is 8.49. The fraction of sp³-hybridized carbons (Fsp3) is 0.417. The maximum atomic E-state index is 11.2. The lowest BCUT2D eigenvalue weighted by Crippen LogP contribution is -2.27. The average molecular weight is 242 g/mol. The van der Waals surface area contributed by atoms with Crippen LogP contribution in [0.3, 0.4) is 0 Å². The third-order valence-corrected chi connectivity index (χ3v) is 3.04. The van der Waals surface area contributed by atoms with Crippen LogP contribution in [0.5, 0.6) is 0 Å². The molecule has 0 aliphatic heterocycles. The average Bonchev–Trinajstić information content (AvgIpc) is 2.55. The number of rotatable bonds is 2. The summed E-state index contributed by atoms with van der Waals surface area (Å²) in [6.07, 6.45) is 1.24. The molecule has 0 fully saturated rings. The van der Waals surface area contributed by atoms with Crippen LogP contribution in [0, 0.1) is 0 Å². The van der Waals surface area contributed by atoms with E-state index in [9.17, 15) is 4.79 Å². The summed E-state index contributed by atoms with van der Waals surface area (Å²) in [5, 5.41) is 0. The highest BCUT2D eigenvalue weighted by atomic mass is 35.5. The van der Waals surface area contributed by atoms with E-state index in [-0.39, 0.29) is 30.3 Å². The highest BCUT2D eigenvalue weighted by Gasteiger charge is 2.31. The lowest BCUT2D eigenvalue weighted by Gasteiger charge is -2.14. The lowest BCUT2D eigenvalue weighted by molar-refractivity contribution is -0.141. The summed E-state index contributed by atoms with van der Waals surface area (Å²) >= 11 is 0. The van der Waals surface area contributed by atoms with E-state index in [1.54, 1.807) is 0 Å². The lowest BCUT2D eigenvalue weighted by atomic mass is 9.95. The molecule has 2 N–H and O–H groups in total. The summed E-state index contributed by atoms with van der Waals surface area (Å²) in [4.78, 5) is 11.2. The van der Waals surface area contributed by atoms with Crippen molar-refractivity contribution >= 4 is 18.4 Å². The van der Waals surface area contributed by atoms with Gasteiger partial charge in [0.15, 0.2) is 0 Å². The van der Waals surface area contributed by atoms with E-state index in [1.807, 2.05) is 12.1 Å². The van der Waals surface area contributed by atoms with Gasteiger partial charge in [0.05, 0.1) is 13.5 Å². The van der Waals surface area contributed by atoms with Crippen LogP contribution in [0.25, 0.3) is 0 Å². The summed E-state index contributed by atoms with van der Waals surface area (Å²) in [6, 6.07) is 8.16. The summed E-state index contributed by atoms with van der Waals surface area (Å²) in [5.74, 6) is -0.0687. The first-order chi connectivity index (χ1) is 7.22. The monoisotopic (exact) mass is 241 g/mol. The van der Waals surface area contributed by atoms with Crippen LogP contribution < -0.4 is 5.73 Å². The van der Waals surface area contributed by atoms with Crippen LogP contribution in [0.4, 0.5) is 0 Å². The molecule has 0 heterocycles. The minimum atomic E-state index is -0.188. The number of carbonyl (C=O) groups is 1. The van der Waals surface area contributed by atoms with Gasteiger partial charge in [0.25, 0.3) is 0 Å². The number of methoxy groups -OCH3 is 1. The van der Waals surface area contributed by atoms with Crippen molar-refractivity contribution in [2.45, 2.75) is 24.8 Å². The Hall–Kier alpha value is -1.06. The van der Waals surface area contributed by atoms with Crippen molar-refractivity contribution in [3.63, 3.8) is 0 Å². The number of benzene rings is 1. The van der Waals surface area contributed by atoms with Gasteiger partial charge in [0.2, 0.25) is 0 Å². The topological polar surface area (TPSA) is 52.3 Å². The number of ether oxygens (including phenoxy) is 1. The molecule has 0 unspecified atom stereocenters. The van der Waals surface area contributed by atoms with E-state index < -0.39 is 0 Å². The zero-order chi connectivity index (χ0) is 10.8. The van der Waals surface area contributed by atoms with Gasteiger partial charge in [-0.25, -0.2) is 0 Å². The van der Waals surface area contributed by atoms with Gasteiger partial charge in [-0.15, -0.1) is 12.4 Å². The number of halogens is 1. The van der Waals surface area contributed by atoms with Crippen molar-refractivity contribution in [1.29, 1.82) is 0 Å². The Morgan fingerprint density at radius 2 is 2.19 bits per heavy atom. The normalized spacial score (nSPS) is 22.1. The first-order valence-corrected chi connectivity index (χ1v) is 5.12. The number of hydrogen-bond donors (Lipinski definition) is 1. The van der Waals surface area contributed by atoms with Crippen molar-refractivity contribution in [1.82, 2.24) is 0 Å². The summed E-state index contributed by atoms with van der Waals surface area (Å²) < 4.78 is 4.68. The molecule has 0 amide bonds. The first-order valence-electron chi connectivity index (χ1n) is 5.12. The van der Waals surface area contributed by atoms with Gasteiger partial charge in [-0.2, -0.15) is 0 Å². The zero-order valence-electron chi connectivity index (χ0n) is 9.18. The molecule has 2 atom stereocenters. The molecule has 2 rings (SSSR count). The molecule has 0 radical (unpaired) electrons. The number of carbonyl (C=O) groups excluding carboxylic acids is 1. The van der Waals surface area contributed by atoms with Crippen molar-refractivity contribution in [3.8, 4) is 0 Å². The molecule has 1 aliphatic rings. The van der Waals surface area contributed by atoms with E-state index in [0.29, 0.717) is 6.42 Å². The molecule has 88 valence electrons. The fourth-order valence-corrected chi connectivity index (χ4v) is 2.23.